The van der Waals surface area contributed by atoms with Gasteiger partial charge in [-0.1, -0.05) is 17.7 Å². The van der Waals surface area contributed by atoms with E-state index in [0.717, 1.165) is 11.8 Å². The molecule has 0 amide bonds. The maximum absolute atomic E-state index is 13.3. The molecule has 0 aromatic heterocycles. The highest BCUT2D eigenvalue weighted by Gasteiger charge is 2.09. The first-order chi connectivity index (χ1) is 6.66. The van der Waals surface area contributed by atoms with Gasteiger partial charge >= 0.3 is 0 Å². The molecule has 0 saturated carbocycles. The first-order valence-corrected chi connectivity index (χ1v) is 5.40. The van der Waals surface area contributed by atoms with Gasteiger partial charge in [0.1, 0.15) is 6.29 Å². The number of unbranched alkanes of at least 4 members (excludes halogenated alkanes) is 1. The molecule has 0 aliphatic rings. The van der Waals surface area contributed by atoms with Crippen LogP contribution >= 0.6 is 27.5 Å². The number of carbonyl (C=O) groups is 1. The third-order valence-corrected chi connectivity index (χ3v) is 2.90. The van der Waals surface area contributed by atoms with E-state index in [0.29, 0.717) is 23.7 Å². The molecule has 0 atom stereocenters. The molecule has 1 rings (SSSR count). The molecule has 1 aromatic carbocycles. The first kappa shape index (κ1) is 11.7. The molecule has 14 heavy (non-hydrogen) atoms. The standard InChI is InChI=1S/C10H9BrClFO/c11-8-5-4-7(3-1-2-6-14)9(12)10(8)13/h4-6H,1-3H2. The number of rotatable bonds is 4. The zero-order chi connectivity index (χ0) is 10.6. The topological polar surface area (TPSA) is 17.1 Å². The molecule has 0 heterocycles. The average molecular weight is 280 g/mol. The number of hydrogen-bond donors (Lipinski definition) is 0. The Balaban J connectivity index is 2.78. The fraction of sp³-hybridized carbons (Fsp3) is 0.300. The van der Waals surface area contributed by atoms with E-state index in [9.17, 15) is 9.18 Å². The van der Waals surface area contributed by atoms with Crippen LogP contribution in [0.25, 0.3) is 0 Å². The molecule has 0 N–H and O–H groups in total. The first-order valence-electron chi connectivity index (χ1n) is 4.23. The van der Waals surface area contributed by atoms with Gasteiger partial charge in [-0.25, -0.2) is 4.39 Å². The molecule has 0 saturated heterocycles. The SMILES string of the molecule is O=CCCCc1ccc(Br)c(F)c1Cl. The van der Waals surface area contributed by atoms with E-state index in [1.165, 1.54) is 0 Å². The molecule has 0 fully saturated rings. The summed E-state index contributed by atoms with van der Waals surface area (Å²) in [5.41, 5.74) is 0.745. The minimum Gasteiger partial charge on any atom is -0.303 e. The molecule has 0 spiro atoms. The molecule has 0 radical (unpaired) electrons. The summed E-state index contributed by atoms with van der Waals surface area (Å²) in [6.45, 7) is 0. The summed E-state index contributed by atoms with van der Waals surface area (Å²) in [6.07, 6.45) is 2.66. The Labute approximate surface area is 95.4 Å². The summed E-state index contributed by atoms with van der Waals surface area (Å²) in [5, 5.41) is 0.144. The summed E-state index contributed by atoms with van der Waals surface area (Å²) < 4.78 is 13.6. The zero-order valence-electron chi connectivity index (χ0n) is 7.40. The quantitative estimate of drug-likeness (QED) is 0.466. The molecule has 0 bridgehead atoms. The van der Waals surface area contributed by atoms with Crippen molar-refractivity contribution in [3.05, 3.63) is 33.0 Å². The largest absolute Gasteiger partial charge is 0.303 e. The Kier molecular flexibility index (Phi) is 4.55. The van der Waals surface area contributed by atoms with Gasteiger partial charge in [0, 0.05) is 6.42 Å². The number of aldehydes is 1. The van der Waals surface area contributed by atoms with Gasteiger partial charge in [-0.3, -0.25) is 0 Å². The van der Waals surface area contributed by atoms with Crippen molar-refractivity contribution in [2.75, 3.05) is 0 Å². The maximum Gasteiger partial charge on any atom is 0.156 e. The molecule has 76 valence electrons. The van der Waals surface area contributed by atoms with Crippen LogP contribution in [-0.2, 0) is 11.2 Å². The van der Waals surface area contributed by atoms with Crippen molar-refractivity contribution in [1.82, 2.24) is 0 Å². The minimum atomic E-state index is -0.435. The smallest absolute Gasteiger partial charge is 0.156 e. The molecular weight excluding hydrogens is 270 g/mol. The van der Waals surface area contributed by atoms with E-state index in [4.69, 9.17) is 11.6 Å². The highest BCUT2D eigenvalue weighted by Crippen LogP contribution is 2.27. The van der Waals surface area contributed by atoms with Gasteiger partial charge in [0.05, 0.1) is 9.50 Å². The van der Waals surface area contributed by atoms with Crippen LogP contribution in [0.1, 0.15) is 18.4 Å². The van der Waals surface area contributed by atoms with Crippen LogP contribution in [0.3, 0.4) is 0 Å². The van der Waals surface area contributed by atoms with Crippen LogP contribution < -0.4 is 0 Å². The van der Waals surface area contributed by atoms with E-state index in [1.54, 1.807) is 12.1 Å². The maximum atomic E-state index is 13.3. The van der Waals surface area contributed by atoms with E-state index >= 15 is 0 Å². The summed E-state index contributed by atoms with van der Waals surface area (Å²) in [5.74, 6) is -0.435. The fourth-order valence-electron chi connectivity index (χ4n) is 1.13. The van der Waals surface area contributed by atoms with Crippen molar-refractivity contribution < 1.29 is 9.18 Å². The fourth-order valence-corrected chi connectivity index (χ4v) is 1.84. The van der Waals surface area contributed by atoms with Crippen molar-refractivity contribution in [3.63, 3.8) is 0 Å². The molecule has 1 aromatic rings. The van der Waals surface area contributed by atoms with Gasteiger partial charge in [0.2, 0.25) is 0 Å². The lowest BCUT2D eigenvalue weighted by atomic mass is 10.1. The number of hydrogen-bond acceptors (Lipinski definition) is 1. The molecular formula is C10H9BrClFO. The number of carbonyl (C=O) groups excluding carboxylic acids is 1. The Morgan fingerprint density at radius 2 is 2.21 bits per heavy atom. The molecule has 1 nitrogen and oxygen atoms in total. The second-order valence-corrected chi connectivity index (χ2v) is 4.13. The Morgan fingerprint density at radius 1 is 1.50 bits per heavy atom. The van der Waals surface area contributed by atoms with Crippen molar-refractivity contribution in [1.29, 1.82) is 0 Å². The van der Waals surface area contributed by atoms with Crippen LogP contribution in [0, 0.1) is 5.82 Å². The molecule has 0 aliphatic carbocycles. The highest BCUT2D eigenvalue weighted by molar-refractivity contribution is 9.10. The average Bonchev–Trinajstić information content (AvgIpc) is 2.18. The van der Waals surface area contributed by atoms with Crippen LogP contribution in [0.15, 0.2) is 16.6 Å². The Hall–Kier alpha value is -0.410. The van der Waals surface area contributed by atoms with E-state index < -0.39 is 5.82 Å². The summed E-state index contributed by atoms with van der Waals surface area (Å²) in [4.78, 5) is 10.1. The highest BCUT2D eigenvalue weighted by atomic mass is 79.9. The van der Waals surface area contributed by atoms with E-state index in [2.05, 4.69) is 15.9 Å². The number of halogens is 3. The Bertz CT molecular complexity index is 341. The van der Waals surface area contributed by atoms with Crippen molar-refractivity contribution in [2.45, 2.75) is 19.3 Å². The third-order valence-electron chi connectivity index (χ3n) is 1.88. The predicted octanol–water partition coefficient (Wildman–Crippen LogP) is 3.76. The zero-order valence-corrected chi connectivity index (χ0v) is 9.74. The molecule has 4 heteroatoms. The van der Waals surface area contributed by atoms with Crippen LogP contribution in [0.2, 0.25) is 5.02 Å². The molecule has 0 aliphatic heterocycles. The third kappa shape index (κ3) is 2.79. The number of aryl methyl sites for hydroxylation is 1. The van der Waals surface area contributed by atoms with Crippen molar-refractivity contribution in [3.8, 4) is 0 Å². The van der Waals surface area contributed by atoms with Gasteiger partial charge in [0.25, 0.3) is 0 Å². The lowest BCUT2D eigenvalue weighted by Crippen LogP contribution is -1.91. The summed E-state index contributed by atoms with van der Waals surface area (Å²) in [7, 11) is 0. The second-order valence-electron chi connectivity index (χ2n) is 2.89. The molecule has 0 unspecified atom stereocenters. The van der Waals surface area contributed by atoms with Crippen molar-refractivity contribution in [2.24, 2.45) is 0 Å². The predicted molar refractivity (Wildman–Crippen MR) is 58.1 cm³/mol. The van der Waals surface area contributed by atoms with Gasteiger partial charge in [-0.2, -0.15) is 0 Å². The van der Waals surface area contributed by atoms with Crippen LogP contribution in [0.4, 0.5) is 4.39 Å². The normalized spacial score (nSPS) is 10.2. The second kappa shape index (κ2) is 5.47. The summed E-state index contributed by atoms with van der Waals surface area (Å²) in [6, 6.07) is 3.39. The van der Waals surface area contributed by atoms with E-state index in [-0.39, 0.29) is 5.02 Å². The monoisotopic (exact) mass is 278 g/mol. The lowest BCUT2D eigenvalue weighted by molar-refractivity contribution is -0.107. The van der Waals surface area contributed by atoms with Gasteiger partial charge in [0.15, 0.2) is 5.82 Å². The minimum absolute atomic E-state index is 0.144. The van der Waals surface area contributed by atoms with Crippen molar-refractivity contribution >= 4 is 33.8 Å². The van der Waals surface area contributed by atoms with Crippen LogP contribution in [-0.4, -0.2) is 6.29 Å². The Morgan fingerprint density at radius 3 is 2.86 bits per heavy atom. The van der Waals surface area contributed by atoms with E-state index in [1.807, 2.05) is 0 Å². The van der Waals surface area contributed by atoms with Gasteiger partial charge in [-0.15, -0.1) is 0 Å². The van der Waals surface area contributed by atoms with Gasteiger partial charge < -0.3 is 4.79 Å². The van der Waals surface area contributed by atoms with Crippen LogP contribution in [0.5, 0.6) is 0 Å². The van der Waals surface area contributed by atoms with Gasteiger partial charge in [-0.05, 0) is 40.4 Å². The lowest BCUT2D eigenvalue weighted by Gasteiger charge is -2.04. The number of benzene rings is 1. The summed E-state index contributed by atoms with van der Waals surface area (Å²) >= 11 is 8.83.